The van der Waals surface area contributed by atoms with Crippen molar-refractivity contribution in [2.24, 2.45) is 11.8 Å². The van der Waals surface area contributed by atoms with Crippen molar-refractivity contribution < 1.29 is 28.3 Å². The van der Waals surface area contributed by atoms with Crippen LogP contribution in [0.3, 0.4) is 0 Å². The third-order valence-corrected chi connectivity index (χ3v) is 6.74. The molecule has 3 aromatic rings. The number of halogens is 1. The Balaban J connectivity index is 1.57. The molecule has 2 heterocycles. The highest BCUT2D eigenvalue weighted by Crippen LogP contribution is 2.57. The number of fused-ring (bicyclic) bond motifs is 3. The van der Waals surface area contributed by atoms with Crippen LogP contribution in [-0.2, 0) is 14.3 Å². The molecule has 2 saturated heterocycles. The molecule has 0 saturated carbocycles. The van der Waals surface area contributed by atoms with Crippen LogP contribution in [0.2, 0.25) is 0 Å². The Morgan fingerprint density at radius 3 is 1.94 bits per heavy atom. The van der Waals surface area contributed by atoms with E-state index in [1.54, 1.807) is 42.5 Å². The number of amides is 2. The van der Waals surface area contributed by atoms with E-state index in [4.69, 9.17) is 4.74 Å². The Labute approximate surface area is 187 Å². The molecule has 1 aliphatic carbocycles. The van der Waals surface area contributed by atoms with Crippen molar-refractivity contribution in [2.45, 2.75) is 11.7 Å². The highest BCUT2D eigenvalue weighted by molar-refractivity contribution is 6.37. The molecule has 33 heavy (non-hydrogen) atoms. The molecule has 2 fully saturated rings. The van der Waals surface area contributed by atoms with E-state index in [2.05, 4.69) is 0 Å². The second kappa shape index (κ2) is 6.76. The fourth-order valence-corrected chi connectivity index (χ4v) is 5.33. The van der Waals surface area contributed by atoms with Gasteiger partial charge in [0.15, 0.2) is 0 Å². The van der Waals surface area contributed by atoms with Gasteiger partial charge in [0, 0.05) is 11.1 Å². The maximum Gasteiger partial charge on any atom is 0.241 e. The predicted molar refractivity (Wildman–Crippen MR) is 114 cm³/mol. The highest BCUT2D eigenvalue weighted by atomic mass is 19.1. The van der Waals surface area contributed by atoms with Crippen LogP contribution in [0.5, 0.6) is 0 Å². The minimum atomic E-state index is -2.17. The minimum absolute atomic E-state index is 0.152. The second-order valence-electron chi connectivity index (χ2n) is 8.36. The molecule has 6 rings (SSSR count). The van der Waals surface area contributed by atoms with Gasteiger partial charge in [-0.15, -0.1) is 0 Å². The first kappa shape index (κ1) is 19.7. The number of imide groups is 1. The number of hydrogen-bond donors (Lipinski definition) is 0. The van der Waals surface area contributed by atoms with Gasteiger partial charge in [0.2, 0.25) is 29.0 Å². The van der Waals surface area contributed by atoms with Gasteiger partial charge >= 0.3 is 0 Å². The fourth-order valence-electron chi connectivity index (χ4n) is 5.33. The summed E-state index contributed by atoms with van der Waals surface area (Å²) in [5.41, 5.74) is -1.52. The third kappa shape index (κ3) is 2.40. The molecule has 0 bridgehead atoms. The van der Waals surface area contributed by atoms with Crippen molar-refractivity contribution in [3.05, 3.63) is 101 Å². The number of carbonyl (C=O) groups excluding carboxylic acids is 4. The summed E-state index contributed by atoms with van der Waals surface area (Å²) in [5.74, 6) is -6.11. The molecule has 0 unspecified atom stereocenters. The number of ketones is 2. The first-order valence-corrected chi connectivity index (χ1v) is 10.5. The maximum absolute atomic E-state index is 14.6. The molecule has 3 aromatic carbocycles. The second-order valence-corrected chi connectivity index (χ2v) is 8.36. The van der Waals surface area contributed by atoms with Crippen LogP contribution in [0.4, 0.5) is 10.1 Å². The molecule has 0 radical (unpaired) electrons. The SMILES string of the molecule is O=C1[C@@H]2[C@@H](c3ccccc3)OC3(C(=O)c4ccccc4C3=O)[C@@H]2C(=O)N1c1ccccc1F. The molecule has 0 N–H and O–H groups in total. The average Bonchev–Trinajstić information content (AvgIpc) is 3.40. The zero-order valence-corrected chi connectivity index (χ0v) is 17.1. The van der Waals surface area contributed by atoms with E-state index < -0.39 is 52.7 Å². The Morgan fingerprint density at radius 2 is 1.30 bits per heavy atom. The number of Topliss-reactive ketones (excluding diaryl/α,β-unsaturated/α-hetero) is 2. The summed E-state index contributed by atoms with van der Waals surface area (Å²) < 4.78 is 20.8. The van der Waals surface area contributed by atoms with E-state index >= 15 is 0 Å². The number of carbonyl (C=O) groups is 4. The van der Waals surface area contributed by atoms with Crippen LogP contribution in [0, 0.1) is 17.7 Å². The van der Waals surface area contributed by atoms with Gasteiger partial charge < -0.3 is 4.74 Å². The number of hydrogen-bond acceptors (Lipinski definition) is 5. The normalized spacial score (nSPS) is 25.1. The van der Waals surface area contributed by atoms with Gasteiger partial charge in [0.05, 0.1) is 23.6 Å². The molecule has 1 spiro atoms. The lowest BCUT2D eigenvalue weighted by Gasteiger charge is -2.27. The molecule has 3 atom stereocenters. The number of ether oxygens (including phenoxy) is 1. The zero-order valence-electron chi connectivity index (χ0n) is 17.1. The zero-order chi connectivity index (χ0) is 22.9. The predicted octanol–water partition coefficient (Wildman–Crippen LogP) is 3.52. The fraction of sp³-hybridized carbons (Fsp3) is 0.154. The quantitative estimate of drug-likeness (QED) is 0.449. The topological polar surface area (TPSA) is 80.8 Å². The molecule has 3 aliphatic rings. The molecule has 6 nitrogen and oxygen atoms in total. The molecule has 7 heteroatoms. The molecule has 2 amide bonds. The summed E-state index contributed by atoms with van der Waals surface area (Å²) in [6, 6.07) is 20.4. The minimum Gasteiger partial charge on any atom is -0.349 e. The van der Waals surface area contributed by atoms with Gasteiger partial charge in [-0.05, 0) is 17.7 Å². The lowest BCUT2D eigenvalue weighted by atomic mass is 9.77. The van der Waals surface area contributed by atoms with Crippen LogP contribution in [0.1, 0.15) is 32.4 Å². The van der Waals surface area contributed by atoms with E-state index in [-0.39, 0.29) is 16.8 Å². The van der Waals surface area contributed by atoms with E-state index in [0.717, 1.165) is 11.0 Å². The number of rotatable bonds is 2. The van der Waals surface area contributed by atoms with Gasteiger partial charge in [-0.3, -0.25) is 19.2 Å². The lowest BCUT2D eigenvalue weighted by Crippen LogP contribution is -2.51. The molecular weight excluding hydrogens is 425 g/mol. The van der Waals surface area contributed by atoms with Crippen LogP contribution < -0.4 is 4.90 Å². The Kier molecular flexibility index (Phi) is 4.04. The molecule has 0 aromatic heterocycles. The maximum atomic E-state index is 14.6. The summed E-state index contributed by atoms with van der Waals surface area (Å²) in [5, 5.41) is 0. The standard InChI is InChI=1S/C26H16FNO5/c27-17-12-6-7-13-18(17)28-24(31)19-20(25(28)32)26(33-21(19)14-8-2-1-3-9-14)22(29)15-10-4-5-11-16(15)23(26)30/h1-13,19-21H/t19-,20-,21+/m0/s1. The molecule has 162 valence electrons. The van der Waals surface area contributed by atoms with Crippen LogP contribution in [0.25, 0.3) is 0 Å². The van der Waals surface area contributed by atoms with Crippen LogP contribution in [-0.4, -0.2) is 29.0 Å². The summed E-state index contributed by atoms with van der Waals surface area (Å²) in [7, 11) is 0. The summed E-state index contributed by atoms with van der Waals surface area (Å²) >= 11 is 0. The van der Waals surface area contributed by atoms with Crippen LogP contribution in [0.15, 0.2) is 78.9 Å². The van der Waals surface area contributed by atoms with Gasteiger partial charge in [0.25, 0.3) is 0 Å². The third-order valence-electron chi connectivity index (χ3n) is 6.74. The van der Waals surface area contributed by atoms with Crippen molar-refractivity contribution >= 4 is 29.1 Å². The number of para-hydroxylation sites is 1. The summed E-state index contributed by atoms with van der Waals surface area (Å²) in [6.45, 7) is 0. The van der Waals surface area contributed by atoms with Crippen molar-refractivity contribution in [2.75, 3.05) is 4.90 Å². The smallest absolute Gasteiger partial charge is 0.241 e. The monoisotopic (exact) mass is 441 g/mol. The Hall–Kier alpha value is -3.97. The van der Waals surface area contributed by atoms with Crippen molar-refractivity contribution in [1.82, 2.24) is 0 Å². The van der Waals surface area contributed by atoms with Crippen molar-refractivity contribution in [3.63, 3.8) is 0 Å². The van der Waals surface area contributed by atoms with Gasteiger partial charge in [-0.25, -0.2) is 9.29 Å². The van der Waals surface area contributed by atoms with Gasteiger partial charge in [-0.2, -0.15) is 0 Å². The average molecular weight is 441 g/mol. The Bertz CT molecular complexity index is 1330. The van der Waals surface area contributed by atoms with Crippen molar-refractivity contribution in [3.8, 4) is 0 Å². The summed E-state index contributed by atoms with van der Waals surface area (Å²) in [6.07, 6.45) is -1.02. The van der Waals surface area contributed by atoms with Gasteiger partial charge in [0.1, 0.15) is 5.82 Å². The highest BCUT2D eigenvalue weighted by Gasteiger charge is 2.74. The number of nitrogens with zero attached hydrogens (tertiary/aromatic N) is 1. The Morgan fingerprint density at radius 1 is 0.727 bits per heavy atom. The van der Waals surface area contributed by atoms with E-state index in [9.17, 15) is 23.6 Å². The molecule has 2 aliphatic heterocycles. The van der Waals surface area contributed by atoms with Gasteiger partial charge in [-0.1, -0.05) is 66.7 Å². The van der Waals surface area contributed by atoms with E-state index in [0.29, 0.717) is 5.56 Å². The lowest BCUT2D eigenvalue weighted by molar-refractivity contribution is -0.127. The van der Waals surface area contributed by atoms with E-state index in [1.807, 2.05) is 0 Å². The molecular formula is C26H16FNO5. The number of benzene rings is 3. The van der Waals surface area contributed by atoms with E-state index in [1.165, 1.54) is 30.3 Å². The largest absolute Gasteiger partial charge is 0.349 e. The first-order chi connectivity index (χ1) is 16.0. The first-order valence-electron chi connectivity index (χ1n) is 10.5. The van der Waals surface area contributed by atoms with Crippen LogP contribution >= 0.6 is 0 Å². The number of anilines is 1. The summed E-state index contributed by atoms with van der Waals surface area (Å²) in [4.78, 5) is 55.3. The van der Waals surface area contributed by atoms with Crippen molar-refractivity contribution in [1.29, 1.82) is 0 Å².